The largest absolute Gasteiger partial charge is 0.484 e. The minimum absolute atomic E-state index is 0.140. The van der Waals surface area contributed by atoms with Crippen molar-refractivity contribution < 1.29 is 18.3 Å². The second-order valence-corrected chi connectivity index (χ2v) is 6.04. The van der Waals surface area contributed by atoms with Crippen LogP contribution in [-0.2, 0) is 4.79 Å². The van der Waals surface area contributed by atoms with Crippen LogP contribution < -0.4 is 10.2 Å². The summed E-state index contributed by atoms with van der Waals surface area (Å²) in [4.78, 5) is 11.8. The van der Waals surface area contributed by atoms with Gasteiger partial charge >= 0.3 is 0 Å². The standard InChI is InChI=1S/C21H19FN2O3/c1-14-3-8-18(11-15(14)2)26-13-21(25)24-23-12-19-9-10-20(27-19)16-4-6-17(22)7-5-16/h3-12H,13H2,1-2H3,(H,24,25)/b23-12+. The number of halogens is 1. The second kappa shape index (κ2) is 8.31. The predicted molar refractivity (Wildman–Crippen MR) is 101 cm³/mol. The van der Waals surface area contributed by atoms with Crippen molar-refractivity contribution in [1.29, 1.82) is 0 Å². The van der Waals surface area contributed by atoms with Gasteiger partial charge in [-0.05, 0) is 73.5 Å². The molecule has 1 aromatic heterocycles. The fraction of sp³-hybridized carbons (Fsp3) is 0.143. The summed E-state index contributed by atoms with van der Waals surface area (Å²) in [6.45, 7) is 3.85. The molecule has 0 aliphatic rings. The van der Waals surface area contributed by atoms with Gasteiger partial charge in [0.25, 0.3) is 5.91 Å². The summed E-state index contributed by atoms with van der Waals surface area (Å²) in [6.07, 6.45) is 1.39. The molecule has 1 amide bonds. The summed E-state index contributed by atoms with van der Waals surface area (Å²) in [5.41, 5.74) is 5.39. The highest BCUT2D eigenvalue weighted by Crippen LogP contribution is 2.21. The Kier molecular flexibility index (Phi) is 5.66. The number of hydrogen-bond acceptors (Lipinski definition) is 4. The third-order valence-electron chi connectivity index (χ3n) is 3.98. The van der Waals surface area contributed by atoms with Crippen LogP contribution in [-0.4, -0.2) is 18.7 Å². The molecule has 1 N–H and O–H groups in total. The normalized spacial score (nSPS) is 10.9. The van der Waals surface area contributed by atoms with Crippen LogP contribution in [0.1, 0.15) is 16.9 Å². The van der Waals surface area contributed by atoms with Gasteiger partial charge in [0.1, 0.15) is 23.1 Å². The van der Waals surface area contributed by atoms with Crippen LogP contribution in [0.2, 0.25) is 0 Å². The number of aryl methyl sites for hydroxylation is 2. The molecular weight excluding hydrogens is 347 g/mol. The Morgan fingerprint density at radius 1 is 1.11 bits per heavy atom. The van der Waals surface area contributed by atoms with E-state index in [1.807, 2.05) is 32.0 Å². The molecule has 138 valence electrons. The molecule has 5 nitrogen and oxygen atoms in total. The Morgan fingerprint density at radius 2 is 1.89 bits per heavy atom. The van der Waals surface area contributed by atoms with Crippen molar-refractivity contribution in [2.75, 3.05) is 6.61 Å². The lowest BCUT2D eigenvalue weighted by atomic mass is 10.1. The summed E-state index contributed by atoms with van der Waals surface area (Å²) >= 11 is 0. The number of rotatable bonds is 6. The topological polar surface area (TPSA) is 63.8 Å². The fourth-order valence-corrected chi connectivity index (χ4v) is 2.34. The van der Waals surface area contributed by atoms with Gasteiger partial charge < -0.3 is 9.15 Å². The van der Waals surface area contributed by atoms with E-state index in [1.54, 1.807) is 24.3 Å². The highest BCUT2D eigenvalue weighted by Gasteiger charge is 2.05. The molecule has 3 aromatic rings. The molecule has 0 fully saturated rings. The van der Waals surface area contributed by atoms with Crippen LogP contribution in [0.5, 0.6) is 5.75 Å². The zero-order valence-electron chi connectivity index (χ0n) is 15.0. The van der Waals surface area contributed by atoms with Gasteiger partial charge in [-0.3, -0.25) is 4.79 Å². The average molecular weight is 366 g/mol. The van der Waals surface area contributed by atoms with Crippen LogP contribution in [0.4, 0.5) is 4.39 Å². The third kappa shape index (κ3) is 5.04. The van der Waals surface area contributed by atoms with Gasteiger partial charge in [0.15, 0.2) is 6.61 Å². The first kappa shape index (κ1) is 18.4. The van der Waals surface area contributed by atoms with Crippen molar-refractivity contribution >= 4 is 12.1 Å². The number of furan rings is 1. The number of ether oxygens (including phenoxy) is 1. The number of hydrazone groups is 1. The maximum Gasteiger partial charge on any atom is 0.277 e. The van der Waals surface area contributed by atoms with E-state index < -0.39 is 0 Å². The summed E-state index contributed by atoms with van der Waals surface area (Å²) in [5.74, 6) is 0.991. The first-order chi connectivity index (χ1) is 13.0. The molecule has 3 rings (SSSR count). The minimum Gasteiger partial charge on any atom is -0.484 e. The molecule has 0 aliphatic carbocycles. The Labute approximate surface area is 156 Å². The number of benzene rings is 2. The number of nitrogens with one attached hydrogen (secondary N) is 1. The van der Waals surface area contributed by atoms with Gasteiger partial charge in [0.2, 0.25) is 0 Å². The molecule has 0 unspecified atom stereocenters. The maximum atomic E-state index is 13.0. The van der Waals surface area contributed by atoms with E-state index in [4.69, 9.17) is 9.15 Å². The Bertz CT molecular complexity index is 962. The van der Waals surface area contributed by atoms with Crippen molar-refractivity contribution in [3.8, 4) is 17.1 Å². The summed E-state index contributed by atoms with van der Waals surface area (Å²) in [5, 5.41) is 3.85. The molecule has 27 heavy (non-hydrogen) atoms. The molecule has 0 aliphatic heterocycles. The van der Waals surface area contributed by atoms with Gasteiger partial charge in [-0.25, -0.2) is 9.82 Å². The summed E-state index contributed by atoms with van der Waals surface area (Å²) < 4.78 is 24.0. The molecule has 1 heterocycles. The van der Waals surface area contributed by atoms with Crippen molar-refractivity contribution in [1.82, 2.24) is 5.43 Å². The lowest BCUT2D eigenvalue weighted by Crippen LogP contribution is -2.24. The molecule has 6 heteroatoms. The Morgan fingerprint density at radius 3 is 2.63 bits per heavy atom. The first-order valence-electron chi connectivity index (χ1n) is 8.39. The van der Waals surface area contributed by atoms with Gasteiger partial charge in [-0.2, -0.15) is 5.10 Å². The van der Waals surface area contributed by atoms with E-state index in [-0.39, 0.29) is 18.3 Å². The van der Waals surface area contributed by atoms with Gasteiger partial charge in [0.05, 0.1) is 6.21 Å². The quantitative estimate of drug-likeness (QED) is 0.524. The van der Waals surface area contributed by atoms with Crippen LogP contribution in [0.3, 0.4) is 0 Å². The molecule has 0 atom stereocenters. The Hall–Kier alpha value is -3.41. The van der Waals surface area contributed by atoms with Crippen LogP contribution in [0, 0.1) is 19.7 Å². The fourth-order valence-electron chi connectivity index (χ4n) is 2.34. The number of nitrogens with zero attached hydrogens (tertiary/aromatic N) is 1. The van der Waals surface area contributed by atoms with Crippen molar-refractivity contribution in [3.63, 3.8) is 0 Å². The highest BCUT2D eigenvalue weighted by molar-refractivity contribution is 5.81. The van der Waals surface area contributed by atoms with Crippen LogP contribution in [0.25, 0.3) is 11.3 Å². The third-order valence-corrected chi connectivity index (χ3v) is 3.98. The zero-order valence-corrected chi connectivity index (χ0v) is 15.0. The molecule has 0 spiro atoms. The Balaban J connectivity index is 1.50. The van der Waals surface area contributed by atoms with Crippen LogP contribution in [0.15, 0.2) is 64.1 Å². The van der Waals surface area contributed by atoms with E-state index >= 15 is 0 Å². The lowest BCUT2D eigenvalue weighted by Gasteiger charge is -2.07. The predicted octanol–water partition coefficient (Wildman–Crippen LogP) is 4.23. The summed E-state index contributed by atoms with van der Waals surface area (Å²) in [6, 6.07) is 15.1. The van der Waals surface area contributed by atoms with Crippen molar-refractivity contribution in [3.05, 3.63) is 77.3 Å². The zero-order chi connectivity index (χ0) is 19.2. The molecular formula is C21H19FN2O3. The monoisotopic (exact) mass is 366 g/mol. The lowest BCUT2D eigenvalue weighted by molar-refractivity contribution is -0.123. The van der Waals surface area contributed by atoms with Crippen LogP contribution >= 0.6 is 0 Å². The molecule has 0 bridgehead atoms. The number of hydrogen-bond donors (Lipinski definition) is 1. The number of carbonyl (C=O) groups is 1. The number of carbonyl (C=O) groups excluding carboxylic acids is 1. The maximum absolute atomic E-state index is 13.0. The van der Waals surface area contributed by atoms with E-state index in [9.17, 15) is 9.18 Å². The van der Waals surface area contributed by atoms with E-state index in [2.05, 4.69) is 10.5 Å². The van der Waals surface area contributed by atoms with E-state index in [0.29, 0.717) is 17.3 Å². The van der Waals surface area contributed by atoms with Crippen molar-refractivity contribution in [2.24, 2.45) is 5.10 Å². The SMILES string of the molecule is Cc1ccc(OCC(=O)N/N=C/c2ccc(-c3ccc(F)cc3)o2)cc1C. The molecule has 0 radical (unpaired) electrons. The number of amides is 1. The average Bonchev–Trinajstić information content (AvgIpc) is 3.12. The minimum atomic E-state index is -0.380. The van der Waals surface area contributed by atoms with Gasteiger partial charge in [-0.1, -0.05) is 6.07 Å². The molecule has 0 saturated carbocycles. The van der Waals surface area contributed by atoms with E-state index in [1.165, 1.54) is 18.3 Å². The highest BCUT2D eigenvalue weighted by atomic mass is 19.1. The smallest absolute Gasteiger partial charge is 0.277 e. The molecule has 2 aromatic carbocycles. The first-order valence-corrected chi connectivity index (χ1v) is 8.39. The van der Waals surface area contributed by atoms with Gasteiger partial charge in [0, 0.05) is 5.56 Å². The second-order valence-electron chi connectivity index (χ2n) is 6.04. The summed E-state index contributed by atoms with van der Waals surface area (Å²) in [7, 11) is 0. The van der Waals surface area contributed by atoms with Crippen molar-refractivity contribution in [2.45, 2.75) is 13.8 Å². The molecule has 0 saturated heterocycles. The van der Waals surface area contributed by atoms with E-state index in [0.717, 1.165) is 16.7 Å². The van der Waals surface area contributed by atoms with Gasteiger partial charge in [-0.15, -0.1) is 0 Å².